The molecule has 1 heterocycles. The number of carbonyl (C=O) groups is 2. The molecule has 0 aromatic heterocycles. The number of nitrogens with zero attached hydrogens (tertiary/aromatic N) is 1. The topological polar surface area (TPSA) is 58.6 Å². The zero-order valence-electron chi connectivity index (χ0n) is 16.7. The number of benzene rings is 2. The Morgan fingerprint density at radius 3 is 2.57 bits per heavy atom. The molecule has 30 heavy (non-hydrogen) atoms. The third kappa shape index (κ3) is 6.00. The predicted octanol–water partition coefficient (Wildman–Crippen LogP) is 4.37. The van der Waals surface area contributed by atoms with Crippen LogP contribution in [0, 0.1) is 0 Å². The van der Waals surface area contributed by atoms with Crippen LogP contribution in [0.1, 0.15) is 24.0 Å². The Morgan fingerprint density at radius 1 is 1.13 bits per heavy atom. The van der Waals surface area contributed by atoms with Crippen LogP contribution in [0.5, 0.6) is 5.75 Å². The minimum atomic E-state index is -0.167. The first-order valence-corrected chi connectivity index (χ1v) is 10.5. The van der Waals surface area contributed by atoms with E-state index < -0.39 is 0 Å². The lowest BCUT2D eigenvalue weighted by atomic mass is 10.0. The van der Waals surface area contributed by atoms with E-state index in [1.807, 2.05) is 29.2 Å². The molecule has 158 valence electrons. The van der Waals surface area contributed by atoms with E-state index in [0.717, 1.165) is 29.7 Å². The maximum Gasteiger partial charge on any atom is 0.244 e. The lowest BCUT2D eigenvalue weighted by Crippen LogP contribution is -2.46. The summed E-state index contributed by atoms with van der Waals surface area (Å²) in [7, 11) is 1.60. The van der Waals surface area contributed by atoms with Gasteiger partial charge in [-0.2, -0.15) is 0 Å². The van der Waals surface area contributed by atoms with E-state index in [9.17, 15) is 9.59 Å². The van der Waals surface area contributed by atoms with E-state index in [-0.39, 0.29) is 17.9 Å². The van der Waals surface area contributed by atoms with Gasteiger partial charge in [0, 0.05) is 30.8 Å². The van der Waals surface area contributed by atoms with Crippen LogP contribution in [-0.4, -0.2) is 43.0 Å². The average Bonchev–Trinajstić information content (AvgIpc) is 2.75. The number of amides is 2. The number of likely N-dealkylation sites (tertiary alicyclic amines) is 1. The number of piperidine rings is 1. The molecule has 1 saturated heterocycles. The van der Waals surface area contributed by atoms with Gasteiger partial charge >= 0.3 is 0 Å². The Morgan fingerprint density at radius 2 is 1.87 bits per heavy atom. The molecule has 0 bridgehead atoms. The van der Waals surface area contributed by atoms with Crippen LogP contribution >= 0.6 is 23.2 Å². The van der Waals surface area contributed by atoms with E-state index in [2.05, 4.69) is 5.32 Å². The number of methoxy groups -OCH3 is 1. The molecular weight excluding hydrogens is 423 g/mol. The number of hydrogen-bond donors (Lipinski definition) is 1. The summed E-state index contributed by atoms with van der Waals surface area (Å²) in [5.41, 5.74) is 1.68. The minimum absolute atomic E-state index is 0.0475. The van der Waals surface area contributed by atoms with Gasteiger partial charge < -0.3 is 15.0 Å². The Bertz CT molecular complexity index is 938. The largest absolute Gasteiger partial charge is 0.496 e. The minimum Gasteiger partial charge on any atom is -0.496 e. The van der Waals surface area contributed by atoms with Crippen molar-refractivity contribution >= 4 is 41.1 Å². The van der Waals surface area contributed by atoms with Crippen LogP contribution in [0.4, 0.5) is 0 Å². The van der Waals surface area contributed by atoms with Gasteiger partial charge in [0.05, 0.1) is 23.6 Å². The van der Waals surface area contributed by atoms with Crippen LogP contribution in [-0.2, 0) is 16.0 Å². The van der Waals surface area contributed by atoms with Gasteiger partial charge in [-0.15, -0.1) is 0 Å². The molecule has 0 atom stereocenters. The van der Waals surface area contributed by atoms with Gasteiger partial charge in [-0.1, -0.05) is 47.5 Å². The number of halogens is 2. The fourth-order valence-electron chi connectivity index (χ4n) is 3.43. The number of hydrogen-bond acceptors (Lipinski definition) is 3. The summed E-state index contributed by atoms with van der Waals surface area (Å²) < 4.78 is 5.32. The van der Waals surface area contributed by atoms with E-state index in [0.29, 0.717) is 29.6 Å². The Balaban J connectivity index is 1.46. The summed E-state index contributed by atoms with van der Waals surface area (Å²) in [6.07, 6.45) is 4.95. The van der Waals surface area contributed by atoms with Crippen LogP contribution in [0.25, 0.3) is 6.08 Å². The lowest BCUT2D eigenvalue weighted by Gasteiger charge is -2.32. The van der Waals surface area contributed by atoms with Gasteiger partial charge in [-0.3, -0.25) is 9.59 Å². The number of rotatable bonds is 6. The first-order chi connectivity index (χ1) is 14.5. The van der Waals surface area contributed by atoms with Crippen molar-refractivity contribution in [2.45, 2.75) is 25.3 Å². The van der Waals surface area contributed by atoms with Gasteiger partial charge in [0.1, 0.15) is 5.75 Å². The van der Waals surface area contributed by atoms with E-state index in [1.165, 1.54) is 6.08 Å². The first-order valence-electron chi connectivity index (χ1n) is 9.79. The Kier molecular flexibility index (Phi) is 7.77. The van der Waals surface area contributed by atoms with Gasteiger partial charge in [0.15, 0.2) is 0 Å². The molecule has 2 amide bonds. The molecule has 1 aliphatic rings. The van der Waals surface area contributed by atoms with Crippen molar-refractivity contribution < 1.29 is 14.3 Å². The molecule has 5 nitrogen and oxygen atoms in total. The second-order valence-electron chi connectivity index (χ2n) is 7.16. The summed E-state index contributed by atoms with van der Waals surface area (Å²) in [6.45, 7) is 1.24. The molecule has 0 unspecified atom stereocenters. The molecule has 3 rings (SSSR count). The van der Waals surface area contributed by atoms with E-state index in [1.54, 1.807) is 31.4 Å². The van der Waals surface area contributed by atoms with Crippen molar-refractivity contribution in [3.63, 3.8) is 0 Å². The van der Waals surface area contributed by atoms with Crippen molar-refractivity contribution in [3.8, 4) is 5.75 Å². The van der Waals surface area contributed by atoms with Gasteiger partial charge in [-0.05, 0) is 42.7 Å². The van der Waals surface area contributed by atoms with Gasteiger partial charge in [0.25, 0.3) is 0 Å². The SMILES string of the molecule is COc1ccccc1CC(=O)N1CCC(NC(=O)/C=C/c2ccc(Cl)c(Cl)c2)CC1. The fraction of sp³-hybridized carbons (Fsp3) is 0.304. The maximum absolute atomic E-state index is 12.6. The third-order valence-corrected chi connectivity index (χ3v) is 5.84. The van der Waals surface area contributed by atoms with Crippen LogP contribution in [0.15, 0.2) is 48.5 Å². The number of carbonyl (C=O) groups excluding carboxylic acids is 2. The zero-order valence-corrected chi connectivity index (χ0v) is 18.2. The summed E-state index contributed by atoms with van der Waals surface area (Å²) in [4.78, 5) is 26.7. The number of para-hydroxylation sites is 1. The predicted molar refractivity (Wildman–Crippen MR) is 120 cm³/mol. The highest BCUT2D eigenvalue weighted by Gasteiger charge is 2.24. The zero-order chi connectivity index (χ0) is 21.5. The van der Waals surface area contributed by atoms with Crippen molar-refractivity contribution in [1.82, 2.24) is 10.2 Å². The highest BCUT2D eigenvalue weighted by molar-refractivity contribution is 6.42. The van der Waals surface area contributed by atoms with Gasteiger partial charge in [0.2, 0.25) is 11.8 Å². The third-order valence-electron chi connectivity index (χ3n) is 5.10. The molecule has 0 radical (unpaired) electrons. The second kappa shape index (κ2) is 10.5. The van der Waals surface area contributed by atoms with Crippen molar-refractivity contribution in [2.24, 2.45) is 0 Å². The lowest BCUT2D eigenvalue weighted by molar-refractivity contribution is -0.131. The molecule has 2 aromatic rings. The summed E-state index contributed by atoms with van der Waals surface area (Å²) in [5.74, 6) is 0.630. The highest BCUT2D eigenvalue weighted by atomic mass is 35.5. The van der Waals surface area contributed by atoms with Crippen molar-refractivity contribution in [2.75, 3.05) is 20.2 Å². The molecule has 0 aliphatic carbocycles. The number of nitrogens with one attached hydrogen (secondary N) is 1. The average molecular weight is 447 g/mol. The van der Waals surface area contributed by atoms with Crippen LogP contribution in [0.2, 0.25) is 10.0 Å². The number of ether oxygens (including phenoxy) is 1. The quantitative estimate of drug-likeness (QED) is 0.670. The van der Waals surface area contributed by atoms with E-state index in [4.69, 9.17) is 27.9 Å². The standard InChI is InChI=1S/C23H24Cl2N2O3/c1-30-21-5-3-2-4-17(21)15-23(29)27-12-10-18(11-13-27)26-22(28)9-7-16-6-8-19(24)20(25)14-16/h2-9,14,18H,10-13,15H2,1H3,(H,26,28)/b9-7+. The first kappa shape index (κ1) is 22.2. The van der Waals surface area contributed by atoms with Crippen molar-refractivity contribution in [3.05, 3.63) is 69.7 Å². The molecule has 2 aromatic carbocycles. The maximum atomic E-state index is 12.6. The molecular formula is C23H24Cl2N2O3. The van der Waals surface area contributed by atoms with Crippen LogP contribution < -0.4 is 10.1 Å². The molecule has 1 N–H and O–H groups in total. The molecule has 0 saturated carbocycles. The summed E-state index contributed by atoms with van der Waals surface area (Å²) in [5, 5.41) is 3.93. The van der Waals surface area contributed by atoms with Gasteiger partial charge in [-0.25, -0.2) is 0 Å². The molecule has 7 heteroatoms. The highest BCUT2D eigenvalue weighted by Crippen LogP contribution is 2.23. The second-order valence-corrected chi connectivity index (χ2v) is 7.97. The fourth-order valence-corrected chi connectivity index (χ4v) is 3.74. The monoisotopic (exact) mass is 446 g/mol. The normalized spacial score (nSPS) is 14.7. The summed E-state index contributed by atoms with van der Waals surface area (Å²) in [6, 6.07) is 12.8. The Hall–Kier alpha value is -2.50. The van der Waals surface area contributed by atoms with E-state index >= 15 is 0 Å². The Labute approximate surface area is 186 Å². The molecule has 0 spiro atoms. The summed E-state index contributed by atoms with van der Waals surface area (Å²) >= 11 is 11.9. The van der Waals surface area contributed by atoms with Crippen LogP contribution in [0.3, 0.4) is 0 Å². The molecule has 1 fully saturated rings. The smallest absolute Gasteiger partial charge is 0.244 e. The molecule has 1 aliphatic heterocycles. The van der Waals surface area contributed by atoms with Crippen molar-refractivity contribution in [1.29, 1.82) is 0 Å².